The number of halogens is 1. The van der Waals surface area contributed by atoms with Crippen LogP contribution in [0.1, 0.15) is 26.7 Å². The molecule has 0 radical (unpaired) electrons. The highest BCUT2D eigenvalue weighted by Crippen LogP contribution is 2.23. The number of ether oxygens (including phenoxy) is 1. The van der Waals surface area contributed by atoms with Crippen LogP contribution in [-0.4, -0.2) is 29.6 Å². The Hall–Kier alpha value is -1.75. The predicted molar refractivity (Wildman–Crippen MR) is 80.6 cm³/mol. The molecule has 0 saturated carbocycles. The summed E-state index contributed by atoms with van der Waals surface area (Å²) in [5.74, 6) is -1.00. The lowest BCUT2D eigenvalue weighted by molar-refractivity contribution is -0.143. The first kappa shape index (κ1) is 17.3. The third-order valence-electron chi connectivity index (χ3n) is 3.22. The quantitative estimate of drug-likeness (QED) is 0.773. The number of benzene rings is 1. The van der Waals surface area contributed by atoms with E-state index in [0.717, 1.165) is 0 Å². The van der Waals surface area contributed by atoms with Crippen LogP contribution in [0.3, 0.4) is 0 Å². The van der Waals surface area contributed by atoms with E-state index in [-0.39, 0.29) is 24.9 Å². The highest BCUT2D eigenvalue weighted by atomic mass is 35.5. The van der Waals surface area contributed by atoms with E-state index in [9.17, 15) is 9.59 Å². The van der Waals surface area contributed by atoms with Gasteiger partial charge in [-0.25, -0.2) is 4.79 Å². The van der Waals surface area contributed by atoms with Crippen LogP contribution in [0.5, 0.6) is 5.75 Å². The van der Waals surface area contributed by atoms with Crippen LogP contribution in [0.25, 0.3) is 0 Å². The summed E-state index contributed by atoms with van der Waals surface area (Å²) in [4.78, 5) is 22.9. The average Bonchev–Trinajstić information content (AvgIpc) is 2.45. The normalized spacial score (nSPS) is 13.3. The lowest BCUT2D eigenvalue weighted by Crippen LogP contribution is -2.45. The van der Waals surface area contributed by atoms with Crippen molar-refractivity contribution >= 4 is 23.5 Å². The number of carboxylic acids is 1. The summed E-state index contributed by atoms with van der Waals surface area (Å²) in [6.07, 6.45) is 0.749. The number of carbonyl (C=O) groups is 2. The molecule has 0 aliphatic rings. The zero-order valence-electron chi connectivity index (χ0n) is 12.1. The van der Waals surface area contributed by atoms with E-state index in [4.69, 9.17) is 21.4 Å². The maximum atomic E-state index is 11.8. The van der Waals surface area contributed by atoms with Crippen molar-refractivity contribution in [2.45, 2.75) is 32.7 Å². The van der Waals surface area contributed by atoms with Gasteiger partial charge in [-0.1, -0.05) is 44.0 Å². The van der Waals surface area contributed by atoms with Crippen LogP contribution in [0.15, 0.2) is 24.3 Å². The Morgan fingerprint density at radius 3 is 2.62 bits per heavy atom. The first-order valence-electron chi connectivity index (χ1n) is 6.85. The number of carbonyl (C=O) groups excluding carboxylic acids is 1. The number of hydrogen-bond donors (Lipinski definition) is 2. The molecule has 0 fully saturated rings. The van der Waals surface area contributed by atoms with Gasteiger partial charge in [0, 0.05) is 0 Å². The summed E-state index contributed by atoms with van der Waals surface area (Å²) in [7, 11) is 0. The van der Waals surface area contributed by atoms with Crippen LogP contribution in [-0.2, 0) is 9.59 Å². The van der Waals surface area contributed by atoms with Gasteiger partial charge in [0.25, 0.3) is 0 Å². The highest BCUT2D eigenvalue weighted by molar-refractivity contribution is 6.32. The van der Waals surface area contributed by atoms with E-state index in [1.54, 1.807) is 31.2 Å². The van der Waals surface area contributed by atoms with E-state index in [2.05, 4.69) is 5.32 Å². The topological polar surface area (TPSA) is 75.6 Å². The van der Waals surface area contributed by atoms with Crippen molar-refractivity contribution in [2.75, 3.05) is 6.61 Å². The Bertz CT molecular complexity index is 492. The Balaban J connectivity index is 2.43. The largest absolute Gasteiger partial charge is 0.491 e. The molecule has 1 unspecified atom stereocenters. The molecule has 0 bridgehead atoms. The molecule has 2 N–H and O–H groups in total. The summed E-state index contributed by atoms with van der Waals surface area (Å²) in [5, 5.41) is 12.1. The van der Waals surface area contributed by atoms with Crippen LogP contribution in [0.4, 0.5) is 0 Å². The number of amides is 1. The van der Waals surface area contributed by atoms with Gasteiger partial charge in [-0.2, -0.15) is 0 Å². The molecular formula is C15H20ClNO4. The van der Waals surface area contributed by atoms with Crippen molar-refractivity contribution in [1.82, 2.24) is 5.32 Å². The molecule has 6 heteroatoms. The smallest absolute Gasteiger partial charge is 0.326 e. The van der Waals surface area contributed by atoms with Crippen molar-refractivity contribution in [2.24, 2.45) is 5.92 Å². The molecule has 0 spiro atoms. The number of hydrogen-bond acceptors (Lipinski definition) is 3. The zero-order chi connectivity index (χ0) is 15.8. The molecule has 0 heterocycles. The lowest BCUT2D eigenvalue weighted by atomic mass is 9.99. The molecule has 0 aromatic heterocycles. The van der Waals surface area contributed by atoms with Crippen LogP contribution in [0.2, 0.25) is 5.02 Å². The van der Waals surface area contributed by atoms with Crippen LogP contribution < -0.4 is 10.1 Å². The molecule has 116 valence electrons. The minimum Gasteiger partial charge on any atom is -0.491 e. The molecule has 1 aromatic rings. The Labute approximate surface area is 129 Å². The number of aliphatic carboxylic acids is 1. The fourth-order valence-electron chi connectivity index (χ4n) is 1.74. The number of para-hydroxylation sites is 1. The highest BCUT2D eigenvalue weighted by Gasteiger charge is 2.24. The SMILES string of the molecule is CCC(C)[C@H](NC(=O)CCOc1ccccc1Cl)C(=O)O. The van der Waals surface area contributed by atoms with Crippen LogP contribution in [0, 0.1) is 5.92 Å². The Morgan fingerprint density at radius 1 is 1.38 bits per heavy atom. The second kappa shape index (κ2) is 8.52. The first-order chi connectivity index (χ1) is 9.95. The minimum atomic E-state index is -1.02. The number of nitrogens with one attached hydrogen (secondary N) is 1. The summed E-state index contributed by atoms with van der Waals surface area (Å²) >= 11 is 5.92. The zero-order valence-corrected chi connectivity index (χ0v) is 12.9. The molecular weight excluding hydrogens is 294 g/mol. The molecule has 0 saturated heterocycles. The molecule has 1 rings (SSSR count). The van der Waals surface area contributed by atoms with Gasteiger partial charge >= 0.3 is 5.97 Å². The van der Waals surface area contributed by atoms with E-state index < -0.39 is 12.0 Å². The van der Waals surface area contributed by atoms with Crippen molar-refractivity contribution in [3.05, 3.63) is 29.3 Å². The molecule has 1 amide bonds. The second-order valence-electron chi connectivity index (χ2n) is 4.80. The monoisotopic (exact) mass is 313 g/mol. The summed E-state index contributed by atoms with van der Waals surface area (Å²) in [6, 6.07) is 6.10. The summed E-state index contributed by atoms with van der Waals surface area (Å²) in [6.45, 7) is 3.81. The fraction of sp³-hybridized carbons (Fsp3) is 0.467. The predicted octanol–water partition coefficient (Wildman–Crippen LogP) is 2.72. The standard InChI is InChI=1S/C15H20ClNO4/c1-3-10(2)14(15(19)20)17-13(18)8-9-21-12-7-5-4-6-11(12)16/h4-7,10,14H,3,8-9H2,1-2H3,(H,17,18)(H,19,20)/t10?,14-/m0/s1. The number of carboxylic acid groups (broad SMARTS) is 1. The third-order valence-corrected chi connectivity index (χ3v) is 3.53. The van der Waals surface area contributed by atoms with Gasteiger partial charge in [0.15, 0.2) is 0 Å². The van der Waals surface area contributed by atoms with Gasteiger partial charge in [-0.3, -0.25) is 4.79 Å². The van der Waals surface area contributed by atoms with Crippen LogP contribution >= 0.6 is 11.6 Å². The van der Waals surface area contributed by atoms with Gasteiger partial charge in [0.1, 0.15) is 11.8 Å². The van der Waals surface area contributed by atoms with Gasteiger partial charge in [-0.05, 0) is 18.1 Å². The maximum absolute atomic E-state index is 11.8. The van der Waals surface area contributed by atoms with Gasteiger partial charge in [0.05, 0.1) is 18.1 Å². The van der Waals surface area contributed by atoms with E-state index in [1.807, 2.05) is 6.92 Å². The van der Waals surface area contributed by atoms with Gasteiger partial charge in [0.2, 0.25) is 5.91 Å². The number of rotatable bonds is 8. The van der Waals surface area contributed by atoms with E-state index in [1.165, 1.54) is 0 Å². The molecule has 21 heavy (non-hydrogen) atoms. The van der Waals surface area contributed by atoms with E-state index >= 15 is 0 Å². The molecule has 0 aliphatic heterocycles. The van der Waals surface area contributed by atoms with Gasteiger partial charge in [-0.15, -0.1) is 0 Å². The van der Waals surface area contributed by atoms with Crippen molar-refractivity contribution in [1.29, 1.82) is 0 Å². The van der Waals surface area contributed by atoms with Crippen molar-refractivity contribution in [3.63, 3.8) is 0 Å². The average molecular weight is 314 g/mol. The lowest BCUT2D eigenvalue weighted by Gasteiger charge is -2.20. The van der Waals surface area contributed by atoms with Crippen molar-refractivity contribution < 1.29 is 19.4 Å². The Kier molecular flexibility index (Phi) is 7.02. The van der Waals surface area contributed by atoms with Gasteiger partial charge < -0.3 is 15.2 Å². The third kappa shape index (κ3) is 5.63. The van der Waals surface area contributed by atoms with Crippen molar-refractivity contribution in [3.8, 4) is 5.75 Å². The fourth-order valence-corrected chi connectivity index (χ4v) is 1.93. The molecule has 5 nitrogen and oxygen atoms in total. The van der Waals surface area contributed by atoms with E-state index in [0.29, 0.717) is 17.2 Å². The molecule has 1 aromatic carbocycles. The molecule has 2 atom stereocenters. The minimum absolute atomic E-state index is 0.0748. The Morgan fingerprint density at radius 2 is 2.05 bits per heavy atom. The summed E-state index contributed by atoms with van der Waals surface area (Å²) < 4.78 is 5.40. The maximum Gasteiger partial charge on any atom is 0.326 e. The summed E-state index contributed by atoms with van der Waals surface area (Å²) in [5.41, 5.74) is 0. The first-order valence-corrected chi connectivity index (χ1v) is 7.23. The second-order valence-corrected chi connectivity index (χ2v) is 5.21. The molecule has 0 aliphatic carbocycles.